The molecule has 0 bridgehead atoms. The third kappa shape index (κ3) is 12.6. The van der Waals surface area contributed by atoms with Crippen molar-refractivity contribution in [3.63, 3.8) is 0 Å². The van der Waals surface area contributed by atoms with Crippen LogP contribution in [0.4, 0.5) is 0 Å². The second-order valence-corrected chi connectivity index (χ2v) is 1.65. The van der Waals surface area contributed by atoms with Gasteiger partial charge in [0.15, 0.2) is 0 Å². The summed E-state index contributed by atoms with van der Waals surface area (Å²) in [6, 6.07) is 0. The Morgan fingerprint density at radius 1 is 0.333 bits per heavy atom. The minimum atomic E-state index is -2.04. The lowest BCUT2D eigenvalue weighted by atomic mass is 9.50. The number of hydrogen-bond donors (Lipinski definition) is 8. The number of hydrogen-bond acceptors (Lipinski definition) is 8. The Morgan fingerprint density at radius 3 is 0.417 bits per heavy atom. The summed E-state index contributed by atoms with van der Waals surface area (Å²) < 4.78 is 0. The fourth-order valence-electron chi connectivity index (χ4n) is 0. The Labute approximate surface area is 69.3 Å². The van der Waals surface area contributed by atoms with Crippen molar-refractivity contribution in [3.05, 3.63) is 0 Å². The molecule has 0 atom stereocenters. The van der Waals surface area contributed by atoms with Crippen LogP contribution < -0.4 is 0 Å². The van der Waals surface area contributed by atoms with Crippen molar-refractivity contribution in [3.8, 4) is 0 Å². The van der Waals surface area contributed by atoms with Crippen LogP contribution in [0.5, 0.6) is 0 Å². The van der Waals surface area contributed by atoms with Gasteiger partial charge in [-0.1, -0.05) is 0 Å². The third-order valence-electron chi connectivity index (χ3n) is 0.533. The third-order valence-corrected chi connectivity index (χ3v) is 0.533. The second-order valence-electron chi connectivity index (χ2n) is 1.65. The molecular weight excluding hydrogens is 171 g/mol. The standard InChI is InChI=1S/2B2H4O4/c2*3-1(4)2(5)6/h2*3-6H. The average molecular weight is 179 g/mol. The summed E-state index contributed by atoms with van der Waals surface area (Å²) in [5.41, 5.74) is 0. The minimum Gasteiger partial charge on any atom is -0.429 e. The molecule has 12 heavy (non-hydrogen) atoms. The zero-order valence-corrected chi connectivity index (χ0v) is 5.89. The van der Waals surface area contributed by atoms with Crippen LogP contribution in [0.3, 0.4) is 0 Å². The topological polar surface area (TPSA) is 162 Å². The predicted molar refractivity (Wildman–Crippen MR) is 40.8 cm³/mol. The maximum Gasteiger partial charge on any atom is 0.482 e. The molecule has 0 radical (unpaired) electrons. The van der Waals surface area contributed by atoms with Crippen molar-refractivity contribution in [2.75, 3.05) is 0 Å². The van der Waals surface area contributed by atoms with E-state index in [0.29, 0.717) is 0 Å². The van der Waals surface area contributed by atoms with Crippen molar-refractivity contribution < 1.29 is 40.2 Å². The minimum absolute atomic E-state index is 2.04. The lowest BCUT2D eigenvalue weighted by Crippen LogP contribution is -2.35. The molecule has 0 saturated heterocycles. The zero-order valence-electron chi connectivity index (χ0n) is 5.89. The van der Waals surface area contributed by atoms with E-state index in [2.05, 4.69) is 0 Å². The van der Waals surface area contributed by atoms with E-state index in [1.165, 1.54) is 0 Å². The summed E-state index contributed by atoms with van der Waals surface area (Å²) >= 11 is 0. The van der Waals surface area contributed by atoms with Crippen LogP contribution in [0.2, 0.25) is 0 Å². The lowest BCUT2D eigenvalue weighted by Gasteiger charge is -1.89. The van der Waals surface area contributed by atoms with Gasteiger partial charge in [0.2, 0.25) is 0 Å². The van der Waals surface area contributed by atoms with Gasteiger partial charge in [0.1, 0.15) is 0 Å². The Hall–Kier alpha value is -0.0603. The van der Waals surface area contributed by atoms with E-state index in [9.17, 15) is 0 Å². The van der Waals surface area contributed by atoms with E-state index >= 15 is 0 Å². The van der Waals surface area contributed by atoms with E-state index < -0.39 is 28.0 Å². The Morgan fingerprint density at radius 2 is 0.417 bits per heavy atom. The van der Waals surface area contributed by atoms with Crippen LogP contribution >= 0.6 is 0 Å². The first-order valence-electron chi connectivity index (χ1n) is 2.73. The summed E-state index contributed by atoms with van der Waals surface area (Å²) in [4.78, 5) is 0. The summed E-state index contributed by atoms with van der Waals surface area (Å²) in [6.45, 7) is 0. The molecular formula is H8B4O8. The van der Waals surface area contributed by atoms with Gasteiger partial charge in [-0.2, -0.15) is 0 Å². The maximum atomic E-state index is 7.69. The Balaban J connectivity index is 0. The van der Waals surface area contributed by atoms with Gasteiger partial charge in [0.05, 0.1) is 0 Å². The highest BCUT2D eigenvalue weighted by Gasteiger charge is 2.24. The summed E-state index contributed by atoms with van der Waals surface area (Å²) in [5, 5.41) is 61.5. The SMILES string of the molecule is OB(O)B(O)O.OB(O)B(O)O. The highest BCUT2D eigenvalue weighted by atomic mass is 16.4. The van der Waals surface area contributed by atoms with Crippen molar-refractivity contribution >= 4 is 28.0 Å². The molecule has 0 aromatic heterocycles. The highest BCUT2D eigenvalue weighted by Crippen LogP contribution is 1.66. The van der Waals surface area contributed by atoms with E-state index in [1.54, 1.807) is 0 Å². The van der Waals surface area contributed by atoms with Crippen LogP contribution in [0.1, 0.15) is 0 Å². The molecule has 0 aliphatic heterocycles. The average Bonchev–Trinajstić information content (AvgIpc) is 1.88. The molecule has 0 rings (SSSR count). The fraction of sp³-hybridized carbons (Fsp3) is 0. The van der Waals surface area contributed by atoms with Crippen LogP contribution in [0, 0.1) is 0 Å². The fourth-order valence-corrected chi connectivity index (χ4v) is 0. The van der Waals surface area contributed by atoms with Gasteiger partial charge in [-0.25, -0.2) is 0 Å². The molecule has 8 N–H and O–H groups in total. The molecule has 0 aromatic carbocycles. The summed E-state index contributed by atoms with van der Waals surface area (Å²) in [5.74, 6) is 0. The van der Waals surface area contributed by atoms with Crippen LogP contribution in [-0.2, 0) is 0 Å². The molecule has 0 aliphatic rings. The quantitative estimate of drug-likeness (QED) is 0.194. The number of rotatable bonds is 2. The molecule has 12 heteroatoms. The molecule has 0 saturated carbocycles. The monoisotopic (exact) mass is 180 g/mol. The zero-order chi connectivity index (χ0) is 10.3. The van der Waals surface area contributed by atoms with E-state index in [0.717, 1.165) is 0 Å². The van der Waals surface area contributed by atoms with Gasteiger partial charge in [0, 0.05) is 0 Å². The summed E-state index contributed by atoms with van der Waals surface area (Å²) in [7, 11) is -8.15. The molecule has 68 valence electrons. The largest absolute Gasteiger partial charge is 0.482 e. The molecule has 0 aliphatic carbocycles. The van der Waals surface area contributed by atoms with Crippen molar-refractivity contribution in [1.29, 1.82) is 0 Å². The molecule has 0 heterocycles. The second kappa shape index (κ2) is 7.58. The highest BCUT2D eigenvalue weighted by molar-refractivity contribution is 7.08. The van der Waals surface area contributed by atoms with Crippen LogP contribution in [-0.4, -0.2) is 68.2 Å². The first kappa shape index (κ1) is 14.5. The van der Waals surface area contributed by atoms with E-state index in [4.69, 9.17) is 40.2 Å². The van der Waals surface area contributed by atoms with Gasteiger partial charge in [-0.05, 0) is 0 Å². The molecule has 0 aromatic rings. The van der Waals surface area contributed by atoms with Gasteiger partial charge in [0.25, 0.3) is 0 Å². The van der Waals surface area contributed by atoms with Gasteiger partial charge in [-0.3, -0.25) is 0 Å². The molecule has 0 fully saturated rings. The Kier molecular flexibility index (Phi) is 9.14. The van der Waals surface area contributed by atoms with E-state index in [1.807, 2.05) is 0 Å². The smallest absolute Gasteiger partial charge is 0.429 e. The van der Waals surface area contributed by atoms with Crippen molar-refractivity contribution in [2.24, 2.45) is 0 Å². The normalized spacial score (nSPS) is 8.00. The summed E-state index contributed by atoms with van der Waals surface area (Å²) in [6.07, 6.45) is 0. The van der Waals surface area contributed by atoms with Crippen molar-refractivity contribution in [1.82, 2.24) is 0 Å². The van der Waals surface area contributed by atoms with Crippen LogP contribution in [0.15, 0.2) is 0 Å². The molecule has 0 amide bonds. The Bertz CT molecular complexity index is 65.1. The maximum absolute atomic E-state index is 7.69. The van der Waals surface area contributed by atoms with E-state index in [-0.39, 0.29) is 0 Å². The van der Waals surface area contributed by atoms with Gasteiger partial charge < -0.3 is 40.2 Å². The first-order valence-corrected chi connectivity index (χ1v) is 2.73. The van der Waals surface area contributed by atoms with Crippen LogP contribution in [0.25, 0.3) is 0 Å². The van der Waals surface area contributed by atoms with Gasteiger partial charge in [-0.15, -0.1) is 0 Å². The van der Waals surface area contributed by atoms with Crippen molar-refractivity contribution in [2.45, 2.75) is 0 Å². The molecule has 0 unspecified atom stereocenters. The molecule has 8 nitrogen and oxygen atoms in total. The molecule has 0 spiro atoms. The lowest BCUT2D eigenvalue weighted by molar-refractivity contribution is 0.368. The van der Waals surface area contributed by atoms with Gasteiger partial charge >= 0.3 is 28.0 Å². The first-order chi connectivity index (χ1) is 5.29. The predicted octanol–water partition coefficient (Wildman–Crippen LogP) is -5.98.